The average Bonchev–Trinajstić information content (AvgIpc) is 2.44. The highest BCUT2D eigenvalue weighted by molar-refractivity contribution is 5.23. The second-order valence-corrected chi connectivity index (χ2v) is 4.16. The molecule has 0 bridgehead atoms. The molecule has 0 atom stereocenters. The summed E-state index contributed by atoms with van der Waals surface area (Å²) in [5, 5.41) is 13.8. The van der Waals surface area contributed by atoms with Gasteiger partial charge in [-0.25, -0.2) is 0 Å². The summed E-state index contributed by atoms with van der Waals surface area (Å²) in [5.41, 5.74) is 0.987. The first-order valence-corrected chi connectivity index (χ1v) is 5.38. The average molecular weight is 196 g/mol. The van der Waals surface area contributed by atoms with Gasteiger partial charge in [0.1, 0.15) is 0 Å². The van der Waals surface area contributed by atoms with Crippen molar-refractivity contribution in [2.45, 2.75) is 46.6 Å². The van der Waals surface area contributed by atoms with Gasteiger partial charge in [-0.05, 0) is 18.8 Å². The summed E-state index contributed by atoms with van der Waals surface area (Å²) in [7, 11) is 0. The molecule has 80 valence electrons. The van der Waals surface area contributed by atoms with E-state index >= 15 is 0 Å². The Morgan fingerprint density at radius 3 is 2.79 bits per heavy atom. The van der Waals surface area contributed by atoms with Crippen molar-refractivity contribution in [2.24, 2.45) is 5.92 Å². The van der Waals surface area contributed by atoms with Crippen molar-refractivity contribution in [1.82, 2.24) is 9.78 Å². The van der Waals surface area contributed by atoms with E-state index in [1.807, 2.05) is 4.68 Å². The van der Waals surface area contributed by atoms with E-state index < -0.39 is 0 Å². The molecule has 0 radical (unpaired) electrons. The molecule has 0 aromatic carbocycles. The minimum atomic E-state index is 0.346. The maximum absolute atomic E-state index is 9.59. The topological polar surface area (TPSA) is 38.1 Å². The summed E-state index contributed by atoms with van der Waals surface area (Å²) in [4.78, 5) is 0. The van der Waals surface area contributed by atoms with Crippen LogP contribution in [0, 0.1) is 5.92 Å². The van der Waals surface area contributed by atoms with Crippen LogP contribution in [0.4, 0.5) is 0 Å². The molecular formula is C11H20N2O. The molecule has 1 aromatic heterocycles. The smallest absolute Gasteiger partial charge is 0.156 e. The van der Waals surface area contributed by atoms with Crippen molar-refractivity contribution >= 4 is 0 Å². The van der Waals surface area contributed by atoms with Crippen LogP contribution in [0.1, 0.15) is 39.3 Å². The van der Waals surface area contributed by atoms with Crippen LogP contribution in [0.3, 0.4) is 0 Å². The van der Waals surface area contributed by atoms with Gasteiger partial charge >= 0.3 is 0 Å². The van der Waals surface area contributed by atoms with Gasteiger partial charge in [-0.2, -0.15) is 5.10 Å². The van der Waals surface area contributed by atoms with Gasteiger partial charge in [-0.15, -0.1) is 0 Å². The number of hydrogen-bond acceptors (Lipinski definition) is 2. The van der Waals surface area contributed by atoms with Crippen LogP contribution in [-0.4, -0.2) is 14.9 Å². The maximum Gasteiger partial charge on any atom is 0.156 e. The molecule has 3 heteroatoms. The lowest BCUT2D eigenvalue weighted by Gasteiger charge is -2.09. The Hall–Kier alpha value is -0.990. The molecule has 0 aliphatic carbocycles. The number of hydrogen-bond donors (Lipinski definition) is 1. The number of unbranched alkanes of at least 4 members (excludes halogenated alkanes) is 1. The fourth-order valence-corrected chi connectivity index (χ4v) is 1.51. The van der Waals surface area contributed by atoms with Crippen molar-refractivity contribution in [1.29, 1.82) is 0 Å². The van der Waals surface area contributed by atoms with Crippen molar-refractivity contribution in [3.63, 3.8) is 0 Å². The van der Waals surface area contributed by atoms with Crippen LogP contribution in [0.2, 0.25) is 0 Å². The zero-order valence-electron chi connectivity index (χ0n) is 9.32. The molecule has 1 heterocycles. The number of aromatic hydroxyl groups is 1. The lowest BCUT2D eigenvalue weighted by atomic mass is 10.2. The standard InChI is InChI=1S/C11H20N2O/c1-4-5-6-10-11(14)7-12-13(10)8-9(2)3/h7,9,14H,4-6,8H2,1-3H3. The largest absolute Gasteiger partial charge is 0.504 e. The van der Waals surface area contributed by atoms with Gasteiger partial charge in [0.2, 0.25) is 0 Å². The Bertz CT molecular complexity index is 279. The van der Waals surface area contributed by atoms with Gasteiger partial charge in [0, 0.05) is 6.54 Å². The summed E-state index contributed by atoms with van der Waals surface area (Å²) < 4.78 is 1.93. The van der Waals surface area contributed by atoms with E-state index in [9.17, 15) is 5.11 Å². The van der Waals surface area contributed by atoms with E-state index in [0.29, 0.717) is 11.7 Å². The van der Waals surface area contributed by atoms with Crippen LogP contribution < -0.4 is 0 Å². The Labute approximate surface area is 85.8 Å². The molecule has 0 saturated carbocycles. The molecule has 0 aliphatic heterocycles. The third-order valence-corrected chi connectivity index (χ3v) is 2.23. The molecule has 0 unspecified atom stereocenters. The zero-order valence-corrected chi connectivity index (χ0v) is 9.32. The second kappa shape index (κ2) is 5.03. The van der Waals surface area contributed by atoms with Gasteiger partial charge in [0.25, 0.3) is 0 Å². The molecule has 0 saturated heterocycles. The van der Waals surface area contributed by atoms with Crippen LogP contribution in [-0.2, 0) is 13.0 Å². The first-order chi connectivity index (χ1) is 6.65. The Morgan fingerprint density at radius 2 is 2.21 bits per heavy atom. The lowest BCUT2D eigenvalue weighted by molar-refractivity contribution is 0.441. The monoisotopic (exact) mass is 196 g/mol. The highest BCUT2D eigenvalue weighted by Gasteiger charge is 2.09. The highest BCUT2D eigenvalue weighted by atomic mass is 16.3. The number of rotatable bonds is 5. The molecule has 1 N–H and O–H groups in total. The fourth-order valence-electron chi connectivity index (χ4n) is 1.51. The number of nitrogens with zero attached hydrogens (tertiary/aromatic N) is 2. The molecule has 0 spiro atoms. The zero-order chi connectivity index (χ0) is 10.6. The van der Waals surface area contributed by atoms with Gasteiger partial charge in [-0.1, -0.05) is 27.2 Å². The lowest BCUT2D eigenvalue weighted by Crippen LogP contribution is -2.09. The van der Waals surface area contributed by atoms with E-state index in [0.717, 1.165) is 31.5 Å². The summed E-state index contributed by atoms with van der Waals surface area (Å²) >= 11 is 0. The van der Waals surface area contributed by atoms with E-state index in [-0.39, 0.29) is 0 Å². The van der Waals surface area contributed by atoms with E-state index in [4.69, 9.17) is 0 Å². The quantitative estimate of drug-likeness (QED) is 0.786. The van der Waals surface area contributed by atoms with Crippen LogP contribution >= 0.6 is 0 Å². The van der Waals surface area contributed by atoms with Gasteiger partial charge in [-0.3, -0.25) is 4.68 Å². The Morgan fingerprint density at radius 1 is 1.50 bits per heavy atom. The van der Waals surface area contributed by atoms with Gasteiger partial charge in [0.05, 0.1) is 11.9 Å². The van der Waals surface area contributed by atoms with Crippen molar-refractivity contribution < 1.29 is 5.11 Å². The fraction of sp³-hybridized carbons (Fsp3) is 0.727. The van der Waals surface area contributed by atoms with Crippen molar-refractivity contribution in [3.8, 4) is 5.75 Å². The summed E-state index contributed by atoms with van der Waals surface area (Å²) in [6, 6.07) is 0. The molecule has 1 rings (SSSR count). The summed E-state index contributed by atoms with van der Waals surface area (Å²) in [6.45, 7) is 7.35. The third-order valence-electron chi connectivity index (χ3n) is 2.23. The SMILES string of the molecule is CCCCc1c(O)cnn1CC(C)C. The van der Waals surface area contributed by atoms with E-state index in [1.54, 1.807) is 6.20 Å². The molecule has 3 nitrogen and oxygen atoms in total. The third kappa shape index (κ3) is 2.76. The van der Waals surface area contributed by atoms with Crippen LogP contribution in [0.15, 0.2) is 6.20 Å². The van der Waals surface area contributed by atoms with Crippen LogP contribution in [0.5, 0.6) is 5.75 Å². The molecule has 0 fully saturated rings. The molecular weight excluding hydrogens is 176 g/mol. The summed E-state index contributed by atoms with van der Waals surface area (Å²) in [5.74, 6) is 0.911. The molecule has 0 aliphatic rings. The minimum absolute atomic E-state index is 0.346. The normalized spacial score (nSPS) is 11.1. The van der Waals surface area contributed by atoms with E-state index in [1.165, 1.54) is 0 Å². The molecule has 14 heavy (non-hydrogen) atoms. The minimum Gasteiger partial charge on any atom is -0.504 e. The van der Waals surface area contributed by atoms with Crippen molar-refractivity contribution in [3.05, 3.63) is 11.9 Å². The Balaban J connectivity index is 2.72. The van der Waals surface area contributed by atoms with Crippen molar-refractivity contribution in [2.75, 3.05) is 0 Å². The predicted molar refractivity (Wildman–Crippen MR) is 57.3 cm³/mol. The molecule has 1 aromatic rings. The predicted octanol–water partition coefficient (Wildman–Crippen LogP) is 2.59. The first-order valence-electron chi connectivity index (χ1n) is 5.38. The molecule has 0 amide bonds. The second-order valence-electron chi connectivity index (χ2n) is 4.16. The highest BCUT2D eigenvalue weighted by Crippen LogP contribution is 2.19. The van der Waals surface area contributed by atoms with Gasteiger partial charge in [0.15, 0.2) is 5.75 Å². The maximum atomic E-state index is 9.59. The first kappa shape index (κ1) is 11.1. The Kier molecular flexibility index (Phi) is 3.98. The number of aromatic nitrogens is 2. The van der Waals surface area contributed by atoms with E-state index in [2.05, 4.69) is 25.9 Å². The van der Waals surface area contributed by atoms with Crippen LogP contribution in [0.25, 0.3) is 0 Å². The summed E-state index contributed by atoms with van der Waals surface area (Å²) in [6.07, 6.45) is 4.73. The van der Waals surface area contributed by atoms with Gasteiger partial charge < -0.3 is 5.11 Å².